The third kappa shape index (κ3) is 26.5. The van der Waals surface area contributed by atoms with Gasteiger partial charge < -0.3 is 39.0 Å². The van der Waals surface area contributed by atoms with Gasteiger partial charge in [0.2, 0.25) is 23.8 Å². The Balaban J connectivity index is 0.000000167. The predicted octanol–water partition coefficient (Wildman–Crippen LogP) is 22.7. The molecule has 10 heterocycles. The molecule has 2 aliphatic heterocycles. The number of aldehydes is 1. The predicted molar refractivity (Wildman–Crippen MR) is 561 cm³/mol. The van der Waals surface area contributed by atoms with Crippen LogP contribution in [0.4, 0.5) is 17.6 Å². The molecule has 0 saturated heterocycles. The molecule has 14 aromatic rings. The molecule has 4 aliphatic carbocycles. The van der Waals surface area contributed by atoms with Crippen molar-refractivity contribution < 1.29 is 96.3 Å². The molecule has 0 spiro atoms. The molecule has 147 heavy (non-hydrogen) atoms. The number of hydrogen-bond donors (Lipinski definition) is 2. The van der Waals surface area contributed by atoms with Crippen LogP contribution >= 0.6 is 7.60 Å². The van der Waals surface area contributed by atoms with Crippen LogP contribution in [0.3, 0.4) is 0 Å². The molecule has 4 saturated carbocycles. The van der Waals surface area contributed by atoms with Crippen molar-refractivity contribution in [2.45, 2.75) is 207 Å². The van der Waals surface area contributed by atoms with E-state index in [9.17, 15) is 46.4 Å². The number of rotatable bonds is 25. The average Bonchev–Trinajstić information content (AvgIpc) is 1.45. The molecule has 3 atom stereocenters. The second-order valence-corrected chi connectivity index (χ2v) is 44.2. The summed E-state index contributed by atoms with van der Waals surface area (Å²) in [5, 5.41) is 18.2. The van der Waals surface area contributed by atoms with Crippen molar-refractivity contribution in [1.29, 1.82) is 0 Å². The largest absolute Gasteiger partial charge is 1.00 e. The molecule has 0 bridgehead atoms. The van der Waals surface area contributed by atoms with E-state index < -0.39 is 54.5 Å². The Kier molecular flexibility index (Phi) is 37.3. The summed E-state index contributed by atoms with van der Waals surface area (Å²) in [6.07, 6.45) is 34.9. The number of aliphatic hydroxyl groups is 1. The third-order valence-electron chi connectivity index (χ3n) is 29.9. The van der Waals surface area contributed by atoms with Crippen molar-refractivity contribution in [3.05, 3.63) is 367 Å². The zero-order chi connectivity index (χ0) is 103. The number of fused-ring (bicyclic) bond motifs is 6. The van der Waals surface area contributed by atoms with Crippen molar-refractivity contribution in [3.8, 4) is 45.0 Å². The van der Waals surface area contributed by atoms with Crippen molar-refractivity contribution in [3.63, 3.8) is 0 Å². The first-order chi connectivity index (χ1) is 69.5. The standard InChI is InChI=1S/C38H36FN3O.C28H20FN3O.C19H24FN3O.C19H22FN3O.C12H23O4P.C2H4O2.B.Na.H/c1-37(2)24-22-28(23-25-37)35(43)20-19-33-32(18-21-36(39)41-33)34-26-42(27-40-34)38(29-12-6-3-7-13-29,30-14-8-4-9-15-30)31-16-10-5-11-17-31;29-27-17-16-24(26(19-33)31-27)25-18-32(20-30-25)28(21-10-4-1-5-11-21,22-12-6-2-7-13-22)23-14-8-3-9-15-23;2*1-19(2)7-5-12(6-8-19)16(24)9-14-18-13(3-4-17(20)22-18)15-10-21-11-23(14)15;1-12(2)7-5-10(6-8-12)11(13)9-17(14,15-3)16-4;1-2(3)4;;;/h3-21,26-28H,22-25H2,1-2H3;1-20H;3-4,10-12,14,16,24H,5-9H2,1-2H3;3-4,10-12,14H,5-9H2,1-2H3;10H,5-9H2,1-4H3;1H3,(H,3,4);;;/q;;;;;;;+1;-1/b20-19+;;;;;;;;. The Morgan fingerprint density at radius 3 is 1.12 bits per heavy atom. The monoisotopic (exact) mass is 2020 g/mol. The quantitative estimate of drug-likeness (QED) is 0.0102. The van der Waals surface area contributed by atoms with E-state index in [1.807, 2.05) is 142 Å². The summed E-state index contributed by atoms with van der Waals surface area (Å²) < 4.78 is 84.9. The fourth-order valence-corrected chi connectivity index (χ4v) is 22.4. The average molecular weight is 2020 g/mol. The minimum absolute atomic E-state index is 0. The van der Waals surface area contributed by atoms with Gasteiger partial charge in [-0.1, -0.05) is 237 Å². The molecule has 22 nitrogen and oxygen atoms in total. The molecular weight excluding hydrogens is 1890 g/mol. The van der Waals surface area contributed by atoms with Gasteiger partial charge in [0.05, 0.1) is 95.7 Å². The van der Waals surface area contributed by atoms with Crippen LogP contribution < -0.4 is 29.6 Å². The Bertz CT molecular complexity index is 6650. The molecular formula is C118H130BF4N12NaO10P. The van der Waals surface area contributed by atoms with Crippen LogP contribution in [0, 0.1) is 69.1 Å². The number of halogens is 4. The summed E-state index contributed by atoms with van der Waals surface area (Å²) in [6.45, 7) is 19.2. The number of allylic oxidation sites excluding steroid dienone is 1. The molecule has 4 fully saturated rings. The number of pyridine rings is 4. The number of carboxylic acid groups (broad SMARTS) is 1. The number of nitrogens with zero attached hydrogens (tertiary/aromatic N) is 12. The van der Waals surface area contributed by atoms with E-state index in [0.717, 1.165) is 171 Å². The first-order valence-electron chi connectivity index (χ1n) is 50.0. The minimum atomic E-state index is -3.19. The fourth-order valence-electron chi connectivity index (χ4n) is 21.4. The summed E-state index contributed by atoms with van der Waals surface area (Å²) in [7, 11) is -0.544. The molecule has 6 aliphatic rings. The van der Waals surface area contributed by atoms with Crippen molar-refractivity contribution in [1.82, 2.24) is 58.1 Å². The van der Waals surface area contributed by atoms with Crippen LogP contribution in [0.25, 0.3) is 51.1 Å². The number of aromatic nitrogens is 12. The molecule has 20 rings (SSSR count). The third-order valence-corrected chi connectivity index (χ3v) is 31.7. The molecule has 6 aromatic carbocycles. The van der Waals surface area contributed by atoms with Crippen LogP contribution in [0.5, 0.6) is 0 Å². The molecule has 3 radical (unpaired) electrons. The molecule has 2 N–H and O–H groups in total. The van der Waals surface area contributed by atoms with E-state index in [2.05, 4.69) is 168 Å². The first-order valence-corrected chi connectivity index (χ1v) is 51.7. The Morgan fingerprint density at radius 1 is 0.449 bits per heavy atom. The maximum absolute atomic E-state index is 14.4. The second-order valence-electron chi connectivity index (χ2n) is 41.9. The van der Waals surface area contributed by atoms with Gasteiger partial charge in [0.15, 0.2) is 12.1 Å². The van der Waals surface area contributed by atoms with Gasteiger partial charge in [-0.15, -0.1) is 0 Å². The van der Waals surface area contributed by atoms with E-state index in [0.29, 0.717) is 75.2 Å². The number of ketones is 3. The summed E-state index contributed by atoms with van der Waals surface area (Å²) in [5.74, 6) is -2.24. The van der Waals surface area contributed by atoms with Gasteiger partial charge in [0, 0.05) is 94.8 Å². The number of aliphatic carboxylic acids is 1. The van der Waals surface area contributed by atoms with Gasteiger partial charge in [0.1, 0.15) is 34.5 Å². The molecule has 29 heteroatoms. The van der Waals surface area contributed by atoms with Gasteiger partial charge in [-0.25, -0.2) is 39.9 Å². The number of carbonyl (C=O) groups excluding carboxylic acids is 4. The number of hydrogen-bond acceptors (Lipinski definition) is 17. The Labute approximate surface area is 884 Å². The number of carbonyl (C=O) groups is 5. The van der Waals surface area contributed by atoms with Gasteiger partial charge in [0.25, 0.3) is 5.97 Å². The number of Topliss-reactive ketones (excluding diaryl/α,β-unsaturated/α-hetero) is 2. The first kappa shape index (κ1) is 112. The van der Waals surface area contributed by atoms with Gasteiger partial charge in [-0.05, 0) is 224 Å². The molecule has 759 valence electrons. The molecule has 3 unspecified atom stereocenters. The van der Waals surface area contributed by atoms with Crippen LogP contribution in [0.1, 0.15) is 252 Å². The van der Waals surface area contributed by atoms with Gasteiger partial charge in [-0.2, -0.15) is 17.6 Å². The normalized spacial score (nSPS) is 17.2. The van der Waals surface area contributed by atoms with E-state index in [-0.39, 0.29) is 104 Å². The molecule has 8 aromatic heterocycles. The number of imidazole rings is 4. The zero-order valence-corrected chi connectivity index (χ0v) is 88.7. The number of aliphatic hydroxyl groups excluding tert-OH is 1. The van der Waals surface area contributed by atoms with E-state index in [1.54, 1.807) is 61.7 Å². The van der Waals surface area contributed by atoms with Gasteiger partial charge >= 0.3 is 37.2 Å². The van der Waals surface area contributed by atoms with E-state index >= 15 is 0 Å². The number of carboxylic acids is 1. The van der Waals surface area contributed by atoms with Crippen LogP contribution in [0.15, 0.2) is 287 Å². The van der Waals surface area contributed by atoms with Crippen molar-refractivity contribution in [2.24, 2.45) is 45.3 Å². The van der Waals surface area contributed by atoms with Crippen molar-refractivity contribution >= 4 is 51.7 Å². The Morgan fingerprint density at radius 2 is 0.762 bits per heavy atom. The van der Waals surface area contributed by atoms with Crippen molar-refractivity contribution in [2.75, 3.05) is 20.4 Å². The van der Waals surface area contributed by atoms with E-state index in [4.69, 9.17) is 23.9 Å². The second kappa shape index (κ2) is 49.1. The van der Waals surface area contributed by atoms with E-state index in [1.165, 1.54) is 44.6 Å². The smallest absolute Gasteiger partial charge is 1.00 e. The maximum Gasteiger partial charge on any atom is 1.00 e. The zero-order valence-electron chi connectivity index (χ0n) is 86.8. The van der Waals surface area contributed by atoms with Crippen LogP contribution in [0.2, 0.25) is 0 Å². The Hall–Kier alpha value is -12.5. The summed E-state index contributed by atoms with van der Waals surface area (Å²) in [6, 6.07) is 73.4. The summed E-state index contributed by atoms with van der Waals surface area (Å²) in [4.78, 5) is 92.4. The van der Waals surface area contributed by atoms with Gasteiger partial charge in [-0.3, -0.25) is 28.5 Å². The summed E-state index contributed by atoms with van der Waals surface area (Å²) >= 11 is 0. The minimum Gasteiger partial charge on any atom is -1.00 e. The summed E-state index contributed by atoms with van der Waals surface area (Å²) in [5.41, 5.74) is 14.1. The maximum atomic E-state index is 14.4. The fraction of sp³-hybridized carbons (Fsp3) is 0.364. The SMILES string of the molecule is CC(=O)O.CC1(C)CCC(C(=O)/C=C/c2nc(F)ccc2-c2cn(C(c3ccccc3)(c3ccccc3)c3ccccc3)cn2)CC1.CC1(C)CCC(C(=O)CC2c3nc(F)ccc3-c3cncn32)CC1.CC1(C)CCC(C(O)CC2c3nc(F)ccc3-c3cncn32)CC1.COP(=O)(CC(=O)C1CCC(C)(C)CC1)OC.O=Cc1nc(F)ccc1-c1cn(C(c2ccccc2)(c2ccccc2)c2ccccc2)cn1.[B].[H-].[Na+]. The molecule has 0 amide bonds. The number of benzene rings is 6. The topological polar surface area (TPSA) is 284 Å². The van der Waals surface area contributed by atoms with Crippen LogP contribution in [-0.2, 0) is 43.9 Å². The van der Waals surface area contributed by atoms with Crippen LogP contribution in [-0.4, -0.2) is 133 Å².